The van der Waals surface area contributed by atoms with Gasteiger partial charge in [0.05, 0.1) is 16.9 Å². The zero-order valence-corrected chi connectivity index (χ0v) is 18.7. The van der Waals surface area contributed by atoms with Crippen molar-refractivity contribution in [1.82, 2.24) is 9.99 Å². The van der Waals surface area contributed by atoms with Crippen LogP contribution in [0.2, 0.25) is 5.02 Å². The van der Waals surface area contributed by atoms with Gasteiger partial charge in [-0.15, -0.1) is 0 Å². The van der Waals surface area contributed by atoms with E-state index in [2.05, 4.69) is 72.4 Å². The van der Waals surface area contributed by atoms with Crippen molar-refractivity contribution in [2.24, 2.45) is 5.10 Å². The lowest BCUT2D eigenvalue weighted by atomic mass is 9.87. The molecule has 0 aliphatic heterocycles. The lowest BCUT2D eigenvalue weighted by molar-refractivity contribution is 0.252. The number of urea groups is 1. The van der Waals surface area contributed by atoms with Gasteiger partial charge < -0.3 is 9.88 Å². The molecule has 2 aromatic carbocycles. The maximum Gasteiger partial charge on any atom is 0.339 e. The Hall–Kier alpha value is -3.05. The molecule has 0 saturated carbocycles. The molecular formula is C24H27ClN4O. The van der Waals surface area contributed by atoms with Crippen molar-refractivity contribution in [1.29, 1.82) is 0 Å². The van der Waals surface area contributed by atoms with Crippen LogP contribution in [0.15, 0.2) is 59.7 Å². The second kappa shape index (κ2) is 8.76. The molecule has 5 nitrogen and oxygen atoms in total. The van der Waals surface area contributed by atoms with Crippen LogP contribution >= 0.6 is 11.6 Å². The van der Waals surface area contributed by atoms with Gasteiger partial charge in [0, 0.05) is 22.6 Å². The van der Waals surface area contributed by atoms with Crippen LogP contribution in [0.3, 0.4) is 0 Å². The molecule has 1 aromatic heterocycles. The van der Waals surface area contributed by atoms with Gasteiger partial charge in [0.2, 0.25) is 0 Å². The predicted molar refractivity (Wildman–Crippen MR) is 125 cm³/mol. The molecule has 3 rings (SSSR count). The highest BCUT2D eigenvalue weighted by atomic mass is 35.5. The Morgan fingerprint density at radius 2 is 1.73 bits per heavy atom. The van der Waals surface area contributed by atoms with Gasteiger partial charge in [-0.2, -0.15) is 5.10 Å². The van der Waals surface area contributed by atoms with Crippen LogP contribution in [0.4, 0.5) is 10.5 Å². The number of nitrogens with zero attached hydrogens (tertiary/aromatic N) is 2. The third kappa shape index (κ3) is 4.92. The molecule has 0 unspecified atom stereocenters. The van der Waals surface area contributed by atoms with Crippen molar-refractivity contribution in [2.45, 2.75) is 40.0 Å². The van der Waals surface area contributed by atoms with Gasteiger partial charge in [-0.05, 0) is 55.2 Å². The summed E-state index contributed by atoms with van der Waals surface area (Å²) >= 11 is 6.05. The molecule has 0 spiro atoms. The number of benzene rings is 2. The summed E-state index contributed by atoms with van der Waals surface area (Å²) in [5.74, 6) is 0. The standard InChI is InChI=1S/C24H27ClN4O/c1-16-14-18(15-26-28-23(30)27-22-9-7-6-8-21(22)25)17(2)29(16)20-12-10-19(11-13-20)24(3,4)5/h6-15H,1-5H3,(H2,27,28,30)/b26-15+. The number of aromatic nitrogens is 1. The van der Waals surface area contributed by atoms with E-state index >= 15 is 0 Å². The second-order valence-corrected chi connectivity index (χ2v) is 8.67. The summed E-state index contributed by atoms with van der Waals surface area (Å²) in [6, 6.07) is 17.2. The van der Waals surface area contributed by atoms with Gasteiger partial charge in [-0.3, -0.25) is 0 Å². The molecule has 30 heavy (non-hydrogen) atoms. The number of anilines is 1. The van der Waals surface area contributed by atoms with Crippen LogP contribution in [0, 0.1) is 13.8 Å². The first-order valence-corrected chi connectivity index (χ1v) is 10.2. The molecule has 2 N–H and O–H groups in total. The topological polar surface area (TPSA) is 58.4 Å². The molecule has 2 amide bonds. The lowest BCUT2D eigenvalue weighted by Crippen LogP contribution is -2.24. The maximum atomic E-state index is 12.0. The fourth-order valence-corrected chi connectivity index (χ4v) is 3.48. The minimum absolute atomic E-state index is 0.118. The van der Waals surface area contributed by atoms with Crippen molar-refractivity contribution in [2.75, 3.05) is 5.32 Å². The fraction of sp³-hybridized carbons (Fsp3) is 0.250. The Morgan fingerprint density at radius 3 is 2.37 bits per heavy atom. The zero-order chi connectivity index (χ0) is 21.9. The highest BCUT2D eigenvalue weighted by Crippen LogP contribution is 2.25. The van der Waals surface area contributed by atoms with E-state index in [-0.39, 0.29) is 5.41 Å². The summed E-state index contributed by atoms with van der Waals surface area (Å²) in [5, 5.41) is 7.22. The van der Waals surface area contributed by atoms with Crippen LogP contribution in [-0.4, -0.2) is 16.8 Å². The number of halogens is 1. The number of aryl methyl sites for hydroxylation is 1. The van der Waals surface area contributed by atoms with Crippen molar-refractivity contribution >= 4 is 29.5 Å². The van der Waals surface area contributed by atoms with Crippen LogP contribution in [0.25, 0.3) is 5.69 Å². The summed E-state index contributed by atoms with van der Waals surface area (Å²) in [6.45, 7) is 10.7. The van der Waals surface area contributed by atoms with E-state index in [1.165, 1.54) is 5.56 Å². The minimum atomic E-state index is -0.453. The van der Waals surface area contributed by atoms with E-state index in [0.717, 1.165) is 22.6 Å². The third-order valence-electron chi connectivity index (χ3n) is 4.95. The van der Waals surface area contributed by atoms with Gasteiger partial charge in [0.1, 0.15) is 0 Å². The number of hydrazone groups is 1. The largest absolute Gasteiger partial charge is 0.339 e. The van der Waals surface area contributed by atoms with Gasteiger partial charge in [-0.25, -0.2) is 10.2 Å². The molecule has 1 heterocycles. The van der Waals surface area contributed by atoms with Crippen LogP contribution in [0.1, 0.15) is 43.3 Å². The van der Waals surface area contributed by atoms with Crippen LogP contribution in [-0.2, 0) is 5.41 Å². The third-order valence-corrected chi connectivity index (χ3v) is 5.28. The van der Waals surface area contributed by atoms with Crippen molar-refractivity contribution in [3.05, 3.63) is 82.1 Å². The molecular weight excluding hydrogens is 396 g/mol. The first kappa shape index (κ1) is 21.7. The van der Waals surface area contributed by atoms with Crippen molar-refractivity contribution in [3.8, 4) is 5.69 Å². The molecule has 0 radical (unpaired) electrons. The first-order valence-electron chi connectivity index (χ1n) is 9.81. The minimum Gasteiger partial charge on any atom is -0.318 e. The summed E-state index contributed by atoms with van der Waals surface area (Å²) in [7, 11) is 0. The zero-order valence-electron chi connectivity index (χ0n) is 18.0. The normalized spacial score (nSPS) is 11.7. The summed E-state index contributed by atoms with van der Waals surface area (Å²) < 4.78 is 2.18. The van der Waals surface area contributed by atoms with E-state index in [9.17, 15) is 4.79 Å². The molecule has 0 saturated heterocycles. The van der Waals surface area contributed by atoms with Gasteiger partial charge in [0.25, 0.3) is 0 Å². The number of hydrogen-bond donors (Lipinski definition) is 2. The number of amides is 2. The molecule has 3 aromatic rings. The molecule has 0 atom stereocenters. The Labute approximate surface area is 182 Å². The number of rotatable bonds is 4. The Balaban J connectivity index is 1.72. The number of para-hydroxylation sites is 1. The monoisotopic (exact) mass is 422 g/mol. The van der Waals surface area contributed by atoms with E-state index in [1.807, 2.05) is 13.0 Å². The first-order chi connectivity index (χ1) is 14.2. The average molecular weight is 423 g/mol. The number of carbonyl (C=O) groups excluding carboxylic acids is 1. The number of hydrogen-bond acceptors (Lipinski definition) is 2. The molecule has 0 fully saturated rings. The second-order valence-electron chi connectivity index (χ2n) is 8.26. The quantitative estimate of drug-likeness (QED) is 0.381. The Kier molecular flexibility index (Phi) is 6.32. The molecule has 0 bridgehead atoms. The Bertz CT molecular complexity index is 1080. The number of nitrogens with one attached hydrogen (secondary N) is 2. The summed E-state index contributed by atoms with van der Waals surface area (Å²) in [4.78, 5) is 12.0. The predicted octanol–water partition coefficient (Wildman–Crippen LogP) is 6.20. The van der Waals surface area contributed by atoms with E-state index in [0.29, 0.717) is 10.7 Å². The van der Waals surface area contributed by atoms with E-state index in [4.69, 9.17) is 11.6 Å². The van der Waals surface area contributed by atoms with Gasteiger partial charge in [0.15, 0.2) is 0 Å². The van der Waals surface area contributed by atoms with Crippen LogP contribution < -0.4 is 10.7 Å². The molecule has 0 aliphatic carbocycles. The van der Waals surface area contributed by atoms with E-state index in [1.54, 1.807) is 30.5 Å². The van der Waals surface area contributed by atoms with Crippen LogP contribution in [0.5, 0.6) is 0 Å². The average Bonchev–Trinajstić information content (AvgIpc) is 2.96. The highest BCUT2D eigenvalue weighted by molar-refractivity contribution is 6.33. The van der Waals surface area contributed by atoms with Crippen molar-refractivity contribution < 1.29 is 4.79 Å². The molecule has 6 heteroatoms. The SMILES string of the molecule is Cc1cc(/C=N/NC(=O)Nc2ccccc2Cl)c(C)n1-c1ccc(C(C)(C)C)cc1. The van der Waals surface area contributed by atoms with Gasteiger partial charge >= 0.3 is 6.03 Å². The van der Waals surface area contributed by atoms with E-state index < -0.39 is 6.03 Å². The Morgan fingerprint density at radius 1 is 1.07 bits per heavy atom. The smallest absolute Gasteiger partial charge is 0.318 e. The fourth-order valence-electron chi connectivity index (χ4n) is 3.30. The van der Waals surface area contributed by atoms with Gasteiger partial charge in [-0.1, -0.05) is 56.6 Å². The summed E-state index contributed by atoms with van der Waals surface area (Å²) in [5.41, 5.74) is 8.60. The van der Waals surface area contributed by atoms with Crippen molar-refractivity contribution in [3.63, 3.8) is 0 Å². The summed E-state index contributed by atoms with van der Waals surface area (Å²) in [6.07, 6.45) is 1.65. The number of carbonyl (C=O) groups is 1. The lowest BCUT2D eigenvalue weighted by Gasteiger charge is -2.20. The molecule has 0 aliphatic rings. The molecule has 156 valence electrons. The highest BCUT2D eigenvalue weighted by Gasteiger charge is 2.14. The maximum absolute atomic E-state index is 12.0.